The summed E-state index contributed by atoms with van der Waals surface area (Å²) < 4.78 is 28.4. The molecule has 0 spiro atoms. The zero-order valence-electron chi connectivity index (χ0n) is 12.9. The highest BCUT2D eigenvalue weighted by atomic mass is 35.7. The summed E-state index contributed by atoms with van der Waals surface area (Å²) in [4.78, 5) is 14.0. The number of hydrogen-bond donors (Lipinski definition) is 0. The number of ether oxygens (including phenoxy) is 1. The van der Waals surface area contributed by atoms with Crippen molar-refractivity contribution in [1.82, 2.24) is 4.90 Å². The summed E-state index contributed by atoms with van der Waals surface area (Å²) in [7, 11) is 4.79. The molecule has 118 valence electrons. The first-order valence-corrected chi connectivity index (χ1v) is 8.72. The molecule has 1 aromatic rings. The highest BCUT2D eigenvalue weighted by Crippen LogP contribution is 2.29. The lowest BCUT2D eigenvalue weighted by atomic mass is 9.98. The van der Waals surface area contributed by atoms with Crippen molar-refractivity contribution in [3.63, 3.8) is 0 Å². The SMILES string of the molecule is COCCN(C)C(=O)c1c(C)cc(C)c(S(=O)(=O)Cl)c1C. The van der Waals surface area contributed by atoms with Gasteiger partial charge in [0.15, 0.2) is 0 Å². The fourth-order valence-corrected chi connectivity index (χ4v) is 4.02. The van der Waals surface area contributed by atoms with E-state index in [1.165, 1.54) is 4.90 Å². The maximum atomic E-state index is 12.5. The van der Waals surface area contributed by atoms with Crippen LogP contribution in [0.4, 0.5) is 0 Å². The molecule has 1 amide bonds. The van der Waals surface area contributed by atoms with Crippen molar-refractivity contribution in [2.45, 2.75) is 25.7 Å². The molecule has 0 bridgehead atoms. The number of rotatable bonds is 5. The number of hydrogen-bond acceptors (Lipinski definition) is 4. The standard InChI is InChI=1S/C14H20ClNO4S/c1-9-8-10(2)13(21(15,18)19)11(3)12(9)14(17)16(4)6-7-20-5/h8H,6-7H2,1-5H3. The molecule has 21 heavy (non-hydrogen) atoms. The first-order valence-electron chi connectivity index (χ1n) is 6.41. The summed E-state index contributed by atoms with van der Waals surface area (Å²) in [5.41, 5.74) is 2.02. The Labute approximate surface area is 130 Å². The van der Waals surface area contributed by atoms with E-state index in [1.54, 1.807) is 41.0 Å². The Kier molecular flexibility index (Phi) is 5.78. The first-order chi connectivity index (χ1) is 9.61. The second-order valence-electron chi connectivity index (χ2n) is 5.00. The molecule has 7 heteroatoms. The maximum Gasteiger partial charge on any atom is 0.261 e. The molecule has 0 aliphatic carbocycles. The van der Waals surface area contributed by atoms with E-state index in [2.05, 4.69) is 0 Å². The van der Waals surface area contributed by atoms with Crippen LogP contribution in [0.25, 0.3) is 0 Å². The molecule has 0 radical (unpaired) electrons. The number of carbonyl (C=O) groups excluding carboxylic acids is 1. The van der Waals surface area contributed by atoms with E-state index in [1.807, 2.05) is 0 Å². The van der Waals surface area contributed by atoms with E-state index in [0.717, 1.165) is 5.56 Å². The Bertz CT molecular complexity index is 655. The van der Waals surface area contributed by atoms with Gasteiger partial charge in [0.05, 0.1) is 11.5 Å². The van der Waals surface area contributed by atoms with Crippen LogP contribution in [-0.2, 0) is 13.8 Å². The van der Waals surface area contributed by atoms with Crippen LogP contribution in [0.3, 0.4) is 0 Å². The van der Waals surface area contributed by atoms with Gasteiger partial charge >= 0.3 is 0 Å². The van der Waals surface area contributed by atoms with Crippen LogP contribution in [0.1, 0.15) is 27.0 Å². The smallest absolute Gasteiger partial charge is 0.261 e. The molecular formula is C14H20ClNO4S. The molecule has 0 saturated heterocycles. The fourth-order valence-electron chi connectivity index (χ4n) is 2.39. The third-order valence-electron chi connectivity index (χ3n) is 3.34. The Hall–Kier alpha value is -1.11. The Balaban J connectivity index is 3.41. The van der Waals surface area contributed by atoms with Gasteiger partial charge in [-0.3, -0.25) is 4.79 Å². The van der Waals surface area contributed by atoms with E-state index >= 15 is 0 Å². The lowest BCUT2D eigenvalue weighted by Crippen LogP contribution is -2.31. The van der Waals surface area contributed by atoms with Gasteiger partial charge in [-0.2, -0.15) is 0 Å². The first kappa shape index (κ1) is 17.9. The zero-order valence-corrected chi connectivity index (χ0v) is 14.4. The monoisotopic (exact) mass is 333 g/mol. The van der Waals surface area contributed by atoms with E-state index in [9.17, 15) is 13.2 Å². The van der Waals surface area contributed by atoms with Gasteiger partial charge in [0.25, 0.3) is 15.0 Å². The maximum absolute atomic E-state index is 12.5. The average Bonchev–Trinajstić information content (AvgIpc) is 2.32. The largest absolute Gasteiger partial charge is 0.383 e. The molecule has 0 aliphatic rings. The van der Waals surface area contributed by atoms with Gasteiger partial charge in [0.2, 0.25) is 0 Å². The van der Waals surface area contributed by atoms with Crippen molar-refractivity contribution < 1.29 is 17.9 Å². The van der Waals surface area contributed by atoms with Gasteiger partial charge in [-0.1, -0.05) is 6.07 Å². The lowest BCUT2D eigenvalue weighted by molar-refractivity contribution is 0.0742. The van der Waals surface area contributed by atoms with E-state index < -0.39 is 9.05 Å². The summed E-state index contributed by atoms with van der Waals surface area (Å²) >= 11 is 0. The number of methoxy groups -OCH3 is 1. The summed E-state index contributed by atoms with van der Waals surface area (Å²) in [6.07, 6.45) is 0. The van der Waals surface area contributed by atoms with Gasteiger partial charge in [0.1, 0.15) is 0 Å². The minimum absolute atomic E-state index is 0.0123. The van der Waals surface area contributed by atoms with Crippen molar-refractivity contribution >= 4 is 25.6 Å². The minimum atomic E-state index is -3.90. The molecule has 0 saturated carbocycles. The summed E-state index contributed by atoms with van der Waals surface area (Å²) in [6.45, 7) is 5.88. The molecule has 5 nitrogen and oxygen atoms in total. The predicted molar refractivity (Wildman–Crippen MR) is 82.5 cm³/mol. The molecule has 1 aromatic carbocycles. The van der Waals surface area contributed by atoms with Crippen molar-refractivity contribution in [1.29, 1.82) is 0 Å². The second-order valence-corrected chi connectivity index (χ2v) is 7.50. The highest BCUT2D eigenvalue weighted by Gasteiger charge is 2.25. The van der Waals surface area contributed by atoms with Gasteiger partial charge < -0.3 is 9.64 Å². The molecule has 0 aromatic heterocycles. The van der Waals surface area contributed by atoms with Crippen LogP contribution in [0.2, 0.25) is 0 Å². The lowest BCUT2D eigenvalue weighted by Gasteiger charge is -2.21. The normalized spacial score (nSPS) is 11.5. The molecular weight excluding hydrogens is 314 g/mol. The van der Waals surface area contributed by atoms with Crippen LogP contribution in [0.15, 0.2) is 11.0 Å². The van der Waals surface area contributed by atoms with Gasteiger partial charge in [0, 0.05) is 36.9 Å². The van der Waals surface area contributed by atoms with Crippen LogP contribution < -0.4 is 0 Å². The molecule has 0 heterocycles. The Morgan fingerprint density at radius 1 is 1.29 bits per heavy atom. The van der Waals surface area contributed by atoms with Gasteiger partial charge in [-0.25, -0.2) is 8.42 Å². The van der Waals surface area contributed by atoms with Crippen LogP contribution in [0.5, 0.6) is 0 Å². The van der Waals surface area contributed by atoms with E-state index in [-0.39, 0.29) is 10.8 Å². The van der Waals surface area contributed by atoms with Crippen molar-refractivity contribution in [3.8, 4) is 0 Å². The number of carbonyl (C=O) groups is 1. The zero-order chi connectivity index (χ0) is 16.4. The summed E-state index contributed by atoms with van der Waals surface area (Å²) in [5.74, 6) is -0.247. The molecule has 1 rings (SSSR count). The quantitative estimate of drug-likeness (QED) is 0.775. The molecule has 0 aliphatic heterocycles. The molecule has 0 unspecified atom stereocenters. The fraction of sp³-hybridized carbons (Fsp3) is 0.500. The topological polar surface area (TPSA) is 63.7 Å². The van der Waals surface area contributed by atoms with Crippen LogP contribution >= 0.6 is 10.7 Å². The molecule has 0 fully saturated rings. The molecule has 0 atom stereocenters. The number of nitrogens with zero attached hydrogens (tertiary/aromatic N) is 1. The van der Waals surface area contributed by atoms with Crippen molar-refractivity contribution in [2.24, 2.45) is 0 Å². The number of amides is 1. The van der Waals surface area contributed by atoms with Crippen molar-refractivity contribution in [3.05, 3.63) is 28.3 Å². The molecule has 0 N–H and O–H groups in total. The van der Waals surface area contributed by atoms with E-state index in [0.29, 0.717) is 29.8 Å². The number of likely N-dealkylation sites (N-methyl/N-ethyl adjacent to an activating group) is 1. The number of benzene rings is 1. The highest BCUT2D eigenvalue weighted by molar-refractivity contribution is 8.13. The van der Waals surface area contributed by atoms with E-state index in [4.69, 9.17) is 15.4 Å². The average molecular weight is 334 g/mol. The number of aryl methyl sites for hydroxylation is 2. The summed E-state index contributed by atoms with van der Waals surface area (Å²) in [5, 5.41) is 0. The van der Waals surface area contributed by atoms with Gasteiger partial charge in [-0.15, -0.1) is 0 Å². The third-order valence-corrected chi connectivity index (χ3v) is 4.92. The Morgan fingerprint density at radius 2 is 1.86 bits per heavy atom. The third kappa shape index (κ3) is 3.96. The van der Waals surface area contributed by atoms with Gasteiger partial charge in [-0.05, 0) is 37.5 Å². The van der Waals surface area contributed by atoms with Crippen molar-refractivity contribution in [2.75, 3.05) is 27.3 Å². The summed E-state index contributed by atoms with van der Waals surface area (Å²) in [6, 6.07) is 1.67. The Morgan fingerprint density at radius 3 is 2.33 bits per heavy atom. The minimum Gasteiger partial charge on any atom is -0.383 e. The number of halogens is 1. The van der Waals surface area contributed by atoms with Crippen LogP contribution in [-0.4, -0.2) is 46.5 Å². The van der Waals surface area contributed by atoms with Crippen LogP contribution in [0, 0.1) is 20.8 Å². The predicted octanol–water partition coefficient (Wildman–Crippen LogP) is 2.26. The second kappa shape index (κ2) is 6.77.